The maximum absolute atomic E-state index is 13.4. The molecule has 19 heavy (non-hydrogen) atoms. The minimum atomic E-state index is -1.07. The van der Waals surface area contributed by atoms with Crippen molar-refractivity contribution < 1.29 is 23.1 Å². The molecule has 1 rings (SSSR count). The van der Waals surface area contributed by atoms with Crippen LogP contribution in [-0.4, -0.2) is 30.9 Å². The third kappa shape index (κ3) is 3.89. The molecule has 1 aromatic rings. The molecule has 0 aromatic heterocycles. The van der Waals surface area contributed by atoms with E-state index >= 15 is 0 Å². The number of hydrogen-bond donors (Lipinski definition) is 1. The van der Waals surface area contributed by atoms with Crippen LogP contribution in [0.5, 0.6) is 0 Å². The zero-order valence-corrected chi connectivity index (χ0v) is 11.1. The number of halogens is 3. The molecule has 0 fully saturated rings. The lowest BCUT2D eigenvalue weighted by molar-refractivity contribution is -0.140. The summed E-state index contributed by atoms with van der Waals surface area (Å²) in [5, 5.41) is 1.20. The summed E-state index contributed by atoms with van der Waals surface area (Å²) in [5.41, 5.74) is -0.172. The zero-order valence-electron chi connectivity index (χ0n) is 10.3. The maximum atomic E-state index is 13.4. The van der Waals surface area contributed by atoms with Gasteiger partial charge in [0.05, 0.1) is 12.7 Å². The topological polar surface area (TPSA) is 55.4 Å². The molecule has 1 N–H and O–H groups in total. The molecule has 0 spiro atoms. The molecule has 1 unspecified atom stereocenters. The van der Waals surface area contributed by atoms with Crippen LogP contribution in [0.1, 0.15) is 15.9 Å². The Morgan fingerprint density at radius 2 is 2.00 bits per heavy atom. The number of methoxy groups -OCH3 is 1. The Balaban J connectivity index is 2.74. The van der Waals surface area contributed by atoms with Gasteiger partial charge in [-0.2, -0.15) is 0 Å². The lowest BCUT2D eigenvalue weighted by atomic mass is 10.1. The summed E-state index contributed by atoms with van der Waals surface area (Å²) in [6, 6.07) is 1.71. The van der Waals surface area contributed by atoms with Gasteiger partial charge in [-0.3, -0.25) is 9.59 Å². The summed E-state index contributed by atoms with van der Waals surface area (Å²) < 4.78 is 30.8. The predicted molar refractivity (Wildman–Crippen MR) is 65.1 cm³/mol. The minimum absolute atomic E-state index is 0.141. The van der Waals surface area contributed by atoms with E-state index in [1.54, 1.807) is 0 Å². The van der Waals surface area contributed by atoms with Crippen molar-refractivity contribution >= 4 is 23.5 Å². The first-order valence-corrected chi connectivity index (χ1v) is 5.76. The fraction of sp³-hybridized carbons (Fsp3) is 0.333. The van der Waals surface area contributed by atoms with E-state index in [0.717, 1.165) is 13.2 Å². The van der Waals surface area contributed by atoms with Gasteiger partial charge in [0.25, 0.3) is 5.91 Å². The molecule has 0 heterocycles. The summed E-state index contributed by atoms with van der Waals surface area (Å²) in [5.74, 6) is -3.21. The van der Waals surface area contributed by atoms with Crippen molar-refractivity contribution in [2.45, 2.75) is 12.3 Å². The first-order chi connectivity index (χ1) is 8.86. The number of carbonyl (C=O) groups is 2. The predicted octanol–water partition coefficient (Wildman–Crippen LogP) is 1.78. The lowest BCUT2D eigenvalue weighted by Crippen LogP contribution is -2.34. The molecule has 0 saturated heterocycles. The van der Waals surface area contributed by atoms with Crippen LogP contribution in [0.15, 0.2) is 12.1 Å². The third-order valence-electron chi connectivity index (χ3n) is 2.39. The summed E-state index contributed by atoms with van der Waals surface area (Å²) in [6.07, 6.45) is 0. The van der Waals surface area contributed by atoms with Crippen LogP contribution in [0.25, 0.3) is 0 Å². The molecule has 104 valence electrons. The molecule has 1 amide bonds. The van der Waals surface area contributed by atoms with E-state index in [-0.39, 0.29) is 17.7 Å². The second-order valence-corrected chi connectivity index (χ2v) is 4.31. The number of aryl methyl sites for hydroxylation is 1. The van der Waals surface area contributed by atoms with Crippen molar-refractivity contribution in [3.05, 3.63) is 34.9 Å². The SMILES string of the molecule is COC(=O)C(Cl)CNC(=O)c1cc(C)c(F)cc1F. The second kappa shape index (κ2) is 6.47. The van der Waals surface area contributed by atoms with E-state index in [4.69, 9.17) is 11.6 Å². The quantitative estimate of drug-likeness (QED) is 0.680. The Hall–Kier alpha value is -1.69. The molecule has 0 bridgehead atoms. The van der Waals surface area contributed by atoms with Crippen molar-refractivity contribution in [1.82, 2.24) is 5.32 Å². The van der Waals surface area contributed by atoms with Crippen LogP contribution < -0.4 is 5.32 Å². The Morgan fingerprint density at radius 3 is 2.58 bits per heavy atom. The molecule has 0 aliphatic carbocycles. The normalized spacial score (nSPS) is 11.8. The molecule has 1 atom stereocenters. The van der Waals surface area contributed by atoms with Gasteiger partial charge in [0.1, 0.15) is 17.0 Å². The Labute approximate surface area is 113 Å². The highest BCUT2D eigenvalue weighted by molar-refractivity contribution is 6.30. The number of benzene rings is 1. The van der Waals surface area contributed by atoms with Gasteiger partial charge < -0.3 is 10.1 Å². The molecule has 0 saturated carbocycles. The van der Waals surface area contributed by atoms with Gasteiger partial charge in [0.2, 0.25) is 0 Å². The number of carbonyl (C=O) groups excluding carboxylic acids is 2. The van der Waals surface area contributed by atoms with Crippen molar-refractivity contribution in [3.63, 3.8) is 0 Å². The zero-order chi connectivity index (χ0) is 14.6. The molecular formula is C12H12ClF2NO3. The number of hydrogen-bond acceptors (Lipinski definition) is 3. The van der Waals surface area contributed by atoms with Gasteiger partial charge in [0.15, 0.2) is 0 Å². The summed E-state index contributed by atoms with van der Waals surface area (Å²) in [4.78, 5) is 22.7. The van der Waals surface area contributed by atoms with Gasteiger partial charge in [-0.25, -0.2) is 8.78 Å². The fourth-order valence-electron chi connectivity index (χ4n) is 1.32. The second-order valence-electron chi connectivity index (χ2n) is 3.78. The van der Waals surface area contributed by atoms with E-state index in [2.05, 4.69) is 10.1 Å². The first kappa shape index (κ1) is 15.4. The number of alkyl halides is 1. The first-order valence-electron chi connectivity index (χ1n) is 5.32. The summed E-state index contributed by atoms with van der Waals surface area (Å²) >= 11 is 5.62. The molecule has 7 heteroatoms. The number of amides is 1. The van der Waals surface area contributed by atoms with Crippen LogP contribution in [0.2, 0.25) is 0 Å². The van der Waals surface area contributed by atoms with Crippen LogP contribution in [0, 0.1) is 18.6 Å². The average Bonchev–Trinajstić information content (AvgIpc) is 2.38. The van der Waals surface area contributed by atoms with Crippen LogP contribution >= 0.6 is 11.6 Å². The number of rotatable bonds is 4. The monoisotopic (exact) mass is 291 g/mol. The highest BCUT2D eigenvalue weighted by Gasteiger charge is 2.19. The van der Waals surface area contributed by atoms with Crippen molar-refractivity contribution in [1.29, 1.82) is 0 Å². The van der Waals surface area contributed by atoms with E-state index in [1.165, 1.54) is 6.92 Å². The van der Waals surface area contributed by atoms with Crippen LogP contribution in [-0.2, 0) is 9.53 Å². The highest BCUT2D eigenvalue weighted by atomic mass is 35.5. The summed E-state index contributed by atoms with van der Waals surface area (Å²) in [6.45, 7) is 1.19. The molecule has 4 nitrogen and oxygen atoms in total. The van der Waals surface area contributed by atoms with E-state index in [9.17, 15) is 18.4 Å². The third-order valence-corrected chi connectivity index (χ3v) is 2.72. The Morgan fingerprint density at radius 1 is 1.37 bits per heavy atom. The summed E-state index contributed by atoms with van der Waals surface area (Å²) in [7, 11) is 1.16. The van der Waals surface area contributed by atoms with E-state index in [1.807, 2.05) is 0 Å². The smallest absolute Gasteiger partial charge is 0.325 e. The van der Waals surface area contributed by atoms with Crippen molar-refractivity contribution in [3.8, 4) is 0 Å². The number of esters is 1. The Bertz CT molecular complexity index is 508. The molecule has 0 radical (unpaired) electrons. The largest absolute Gasteiger partial charge is 0.468 e. The fourth-order valence-corrected chi connectivity index (χ4v) is 1.49. The van der Waals surface area contributed by atoms with Gasteiger partial charge in [-0.1, -0.05) is 0 Å². The van der Waals surface area contributed by atoms with E-state index in [0.29, 0.717) is 6.07 Å². The molecule has 0 aliphatic rings. The minimum Gasteiger partial charge on any atom is -0.468 e. The number of nitrogens with one attached hydrogen (secondary N) is 1. The van der Waals surface area contributed by atoms with Gasteiger partial charge >= 0.3 is 5.97 Å². The van der Waals surface area contributed by atoms with Gasteiger partial charge in [-0.05, 0) is 18.6 Å². The van der Waals surface area contributed by atoms with Crippen LogP contribution in [0.3, 0.4) is 0 Å². The number of ether oxygens (including phenoxy) is 1. The van der Waals surface area contributed by atoms with Crippen molar-refractivity contribution in [2.75, 3.05) is 13.7 Å². The maximum Gasteiger partial charge on any atom is 0.325 e. The van der Waals surface area contributed by atoms with Crippen LogP contribution in [0.4, 0.5) is 8.78 Å². The molecule has 0 aliphatic heterocycles. The van der Waals surface area contributed by atoms with Gasteiger partial charge in [0, 0.05) is 12.6 Å². The van der Waals surface area contributed by atoms with Crippen molar-refractivity contribution in [2.24, 2.45) is 0 Å². The van der Waals surface area contributed by atoms with E-state index < -0.39 is 28.9 Å². The highest BCUT2D eigenvalue weighted by Crippen LogP contribution is 2.14. The molecular weight excluding hydrogens is 280 g/mol. The lowest BCUT2D eigenvalue weighted by Gasteiger charge is -2.10. The molecule has 1 aromatic carbocycles. The van der Waals surface area contributed by atoms with Gasteiger partial charge in [-0.15, -0.1) is 11.6 Å². The Kier molecular flexibility index (Phi) is 5.23. The average molecular weight is 292 g/mol. The standard InChI is InChI=1S/C12H12ClF2NO3/c1-6-3-7(10(15)4-9(6)14)11(17)16-5-8(13)12(18)19-2/h3-4,8H,5H2,1-2H3,(H,16,17).